The predicted molar refractivity (Wildman–Crippen MR) is 120 cm³/mol. The highest BCUT2D eigenvalue weighted by Crippen LogP contribution is 2.15. The third kappa shape index (κ3) is 12.3. The van der Waals surface area contributed by atoms with Crippen LogP contribution in [0.3, 0.4) is 0 Å². The van der Waals surface area contributed by atoms with E-state index in [9.17, 15) is 13.6 Å². The number of guanidine groups is 1. The van der Waals surface area contributed by atoms with Gasteiger partial charge in [0.1, 0.15) is 11.4 Å². The summed E-state index contributed by atoms with van der Waals surface area (Å²) in [6, 6.07) is 6.46. The molecular weight excluding hydrogens is 497 g/mol. The summed E-state index contributed by atoms with van der Waals surface area (Å²) >= 11 is 0. The Bertz CT molecular complexity index is 637. The Morgan fingerprint density at radius 2 is 1.83 bits per heavy atom. The number of aliphatic imine (C=N–C) groups is 1. The summed E-state index contributed by atoms with van der Waals surface area (Å²) in [4.78, 5) is 18.0. The number of benzene rings is 1. The molecule has 0 unspecified atom stereocenters. The van der Waals surface area contributed by atoms with E-state index in [1.54, 1.807) is 32.9 Å². The molecule has 1 aromatic rings. The third-order valence-corrected chi connectivity index (χ3v) is 3.31. The molecule has 1 rings (SSSR count). The van der Waals surface area contributed by atoms with Crippen LogP contribution in [0.4, 0.5) is 13.6 Å². The number of carbonyl (C=O) groups is 1. The van der Waals surface area contributed by atoms with E-state index in [0.29, 0.717) is 32.1 Å². The Morgan fingerprint density at radius 1 is 1.21 bits per heavy atom. The average Bonchev–Trinajstić information content (AvgIpc) is 2.57. The second-order valence-electron chi connectivity index (χ2n) is 7.04. The molecule has 0 heterocycles. The van der Waals surface area contributed by atoms with E-state index < -0.39 is 18.3 Å². The standard InChI is InChI=1S/C19H30F2N4O3.HI/c1-6-22-17(23-11-12-24-18(26)28-19(2,3)4)25(5)13-14-7-9-15(10-8-14)27-16(20)21;/h7-10,16H,6,11-13H2,1-5H3,(H,22,23)(H,24,26);1H. The van der Waals surface area contributed by atoms with E-state index >= 15 is 0 Å². The van der Waals surface area contributed by atoms with E-state index in [2.05, 4.69) is 20.4 Å². The van der Waals surface area contributed by atoms with Gasteiger partial charge in [0.15, 0.2) is 5.96 Å². The lowest BCUT2D eigenvalue weighted by molar-refractivity contribution is -0.0498. The molecule has 0 aliphatic carbocycles. The lowest BCUT2D eigenvalue weighted by Gasteiger charge is -2.22. The van der Waals surface area contributed by atoms with Crippen molar-refractivity contribution in [3.05, 3.63) is 29.8 Å². The van der Waals surface area contributed by atoms with Gasteiger partial charge in [-0.1, -0.05) is 12.1 Å². The fourth-order valence-electron chi connectivity index (χ4n) is 2.23. The number of alkyl carbamates (subject to hydrolysis) is 1. The molecule has 1 amide bonds. The first-order chi connectivity index (χ1) is 13.1. The monoisotopic (exact) mass is 528 g/mol. The first kappa shape index (κ1) is 27.2. The van der Waals surface area contributed by atoms with Gasteiger partial charge < -0.3 is 25.0 Å². The Hall–Kier alpha value is -1.85. The fraction of sp³-hybridized carbons (Fsp3) is 0.579. The van der Waals surface area contributed by atoms with Gasteiger partial charge in [0.2, 0.25) is 0 Å². The molecule has 2 N–H and O–H groups in total. The molecule has 29 heavy (non-hydrogen) atoms. The van der Waals surface area contributed by atoms with Crippen LogP contribution in [0.25, 0.3) is 0 Å². The quantitative estimate of drug-likeness (QED) is 0.232. The second kappa shape index (κ2) is 13.4. The van der Waals surface area contributed by atoms with Crippen LogP contribution >= 0.6 is 24.0 Å². The predicted octanol–water partition coefficient (Wildman–Crippen LogP) is 3.83. The lowest BCUT2D eigenvalue weighted by atomic mass is 10.2. The Morgan fingerprint density at radius 3 is 2.34 bits per heavy atom. The number of nitrogens with zero attached hydrogens (tertiary/aromatic N) is 2. The largest absolute Gasteiger partial charge is 0.444 e. The van der Waals surface area contributed by atoms with E-state index in [0.717, 1.165) is 5.56 Å². The number of alkyl halides is 2. The van der Waals surface area contributed by atoms with Crippen molar-refractivity contribution < 1.29 is 23.0 Å². The number of ether oxygens (including phenoxy) is 2. The zero-order chi connectivity index (χ0) is 21.2. The molecule has 0 radical (unpaired) electrons. The molecule has 0 aliphatic rings. The van der Waals surface area contributed by atoms with E-state index in [1.165, 1.54) is 12.1 Å². The Balaban J connectivity index is 0.00000784. The summed E-state index contributed by atoms with van der Waals surface area (Å²) in [5.74, 6) is 0.789. The van der Waals surface area contributed by atoms with Gasteiger partial charge >= 0.3 is 12.7 Å². The van der Waals surface area contributed by atoms with Crippen molar-refractivity contribution in [2.75, 3.05) is 26.7 Å². The highest BCUT2D eigenvalue weighted by Gasteiger charge is 2.15. The minimum atomic E-state index is -2.84. The van der Waals surface area contributed by atoms with Gasteiger partial charge in [0.05, 0.1) is 6.54 Å². The van der Waals surface area contributed by atoms with Crippen molar-refractivity contribution in [2.24, 2.45) is 4.99 Å². The molecular formula is C19H31F2IN4O3. The summed E-state index contributed by atoms with van der Waals surface area (Å²) in [6.07, 6.45) is -0.479. The van der Waals surface area contributed by atoms with Crippen molar-refractivity contribution in [2.45, 2.75) is 46.5 Å². The first-order valence-electron chi connectivity index (χ1n) is 9.10. The van der Waals surface area contributed by atoms with Crippen LogP contribution in [0, 0.1) is 0 Å². The number of hydrogen-bond donors (Lipinski definition) is 2. The Labute approximate surface area is 188 Å². The van der Waals surface area contributed by atoms with Crippen molar-refractivity contribution >= 4 is 36.0 Å². The van der Waals surface area contributed by atoms with Crippen LogP contribution in [-0.4, -0.2) is 55.8 Å². The van der Waals surface area contributed by atoms with Crippen molar-refractivity contribution in [1.82, 2.24) is 15.5 Å². The smallest absolute Gasteiger partial charge is 0.407 e. The molecule has 0 bridgehead atoms. The number of nitrogens with one attached hydrogen (secondary N) is 2. The maximum atomic E-state index is 12.2. The molecule has 10 heteroatoms. The summed E-state index contributed by atoms with van der Waals surface area (Å²) < 4.78 is 33.9. The molecule has 0 spiro atoms. The molecule has 0 saturated carbocycles. The molecule has 0 atom stereocenters. The van der Waals surface area contributed by atoms with Gasteiger partial charge in [-0.2, -0.15) is 8.78 Å². The van der Waals surface area contributed by atoms with E-state index in [4.69, 9.17) is 4.74 Å². The molecule has 166 valence electrons. The Kier molecular flexibility index (Phi) is 12.5. The number of hydrogen-bond acceptors (Lipinski definition) is 4. The third-order valence-electron chi connectivity index (χ3n) is 3.31. The van der Waals surface area contributed by atoms with Crippen LogP contribution in [0.15, 0.2) is 29.3 Å². The molecule has 0 saturated heterocycles. The molecule has 1 aromatic carbocycles. The highest BCUT2D eigenvalue weighted by atomic mass is 127. The van der Waals surface area contributed by atoms with Gasteiger partial charge in [-0.15, -0.1) is 24.0 Å². The zero-order valence-corrected chi connectivity index (χ0v) is 19.8. The zero-order valence-electron chi connectivity index (χ0n) is 17.5. The summed E-state index contributed by atoms with van der Waals surface area (Å²) in [6.45, 7) is 6.46. The number of rotatable bonds is 8. The van der Waals surface area contributed by atoms with Crippen molar-refractivity contribution in [3.63, 3.8) is 0 Å². The average molecular weight is 528 g/mol. The van der Waals surface area contributed by atoms with Crippen LogP contribution < -0.4 is 15.4 Å². The van der Waals surface area contributed by atoms with E-state index in [1.807, 2.05) is 18.9 Å². The van der Waals surface area contributed by atoms with Crippen LogP contribution in [0.1, 0.15) is 33.3 Å². The van der Waals surface area contributed by atoms with Gasteiger partial charge in [-0.05, 0) is 45.4 Å². The van der Waals surface area contributed by atoms with Gasteiger partial charge in [0.25, 0.3) is 0 Å². The maximum Gasteiger partial charge on any atom is 0.407 e. The summed E-state index contributed by atoms with van der Waals surface area (Å²) in [5, 5.41) is 5.83. The SMILES string of the molecule is CCNC(=NCCNC(=O)OC(C)(C)C)N(C)Cc1ccc(OC(F)F)cc1.I. The first-order valence-corrected chi connectivity index (χ1v) is 9.10. The minimum Gasteiger partial charge on any atom is -0.444 e. The topological polar surface area (TPSA) is 75.2 Å². The fourth-order valence-corrected chi connectivity index (χ4v) is 2.23. The lowest BCUT2D eigenvalue weighted by Crippen LogP contribution is -2.39. The van der Waals surface area contributed by atoms with Crippen LogP contribution in [-0.2, 0) is 11.3 Å². The van der Waals surface area contributed by atoms with E-state index in [-0.39, 0.29) is 29.7 Å². The van der Waals surface area contributed by atoms with Crippen molar-refractivity contribution in [1.29, 1.82) is 0 Å². The van der Waals surface area contributed by atoms with Crippen molar-refractivity contribution in [3.8, 4) is 5.75 Å². The van der Waals surface area contributed by atoms with Gasteiger partial charge in [-0.3, -0.25) is 4.99 Å². The number of halogens is 3. The minimum absolute atomic E-state index is 0. The van der Waals surface area contributed by atoms with Gasteiger partial charge in [-0.25, -0.2) is 4.79 Å². The van der Waals surface area contributed by atoms with Gasteiger partial charge in [0, 0.05) is 26.7 Å². The van der Waals surface area contributed by atoms with Crippen LogP contribution in [0.5, 0.6) is 5.75 Å². The molecule has 0 aromatic heterocycles. The molecule has 0 fully saturated rings. The number of amides is 1. The summed E-state index contributed by atoms with van der Waals surface area (Å²) in [7, 11) is 1.87. The summed E-state index contributed by atoms with van der Waals surface area (Å²) in [5.41, 5.74) is 0.375. The number of carbonyl (C=O) groups excluding carboxylic acids is 1. The molecule has 0 aliphatic heterocycles. The second-order valence-corrected chi connectivity index (χ2v) is 7.04. The highest BCUT2D eigenvalue weighted by molar-refractivity contribution is 14.0. The normalized spacial score (nSPS) is 11.5. The molecule has 7 nitrogen and oxygen atoms in total. The van der Waals surface area contributed by atoms with Crippen LogP contribution in [0.2, 0.25) is 0 Å². The maximum absolute atomic E-state index is 12.2.